The zero-order valence-corrected chi connectivity index (χ0v) is 15.7. The summed E-state index contributed by atoms with van der Waals surface area (Å²) in [6.07, 6.45) is 3.27. The summed E-state index contributed by atoms with van der Waals surface area (Å²) in [5, 5.41) is 14.9. The zero-order valence-electron chi connectivity index (χ0n) is 15.7. The fourth-order valence-electron chi connectivity index (χ4n) is 3.36. The van der Waals surface area contributed by atoms with Crippen LogP contribution < -0.4 is 10.6 Å². The summed E-state index contributed by atoms with van der Waals surface area (Å²) in [5.41, 5.74) is 5.01. The number of hydrogen-bond acceptors (Lipinski definition) is 5. The number of benzene rings is 1. The zero-order chi connectivity index (χ0) is 19.1. The number of carbonyl (C=O) groups excluding carboxylic acids is 1. The van der Waals surface area contributed by atoms with Crippen LogP contribution in [-0.2, 0) is 11.8 Å². The van der Waals surface area contributed by atoms with E-state index in [4.69, 9.17) is 0 Å². The van der Waals surface area contributed by atoms with Crippen LogP contribution in [0.1, 0.15) is 29.8 Å². The number of nitrogens with zero attached hydrogens (tertiary/aromatic N) is 5. The third-order valence-electron chi connectivity index (χ3n) is 5.00. The molecule has 2 N–H and O–H groups in total. The van der Waals surface area contributed by atoms with Gasteiger partial charge < -0.3 is 10.6 Å². The lowest BCUT2D eigenvalue weighted by Gasteiger charge is -2.28. The Morgan fingerprint density at radius 1 is 1.19 bits per heavy atom. The van der Waals surface area contributed by atoms with Crippen LogP contribution in [-0.4, -0.2) is 30.5 Å². The number of allylic oxidation sites excluding steroid dienone is 1. The summed E-state index contributed by atoms with van der Waals surface area (Å²) in [6, 6.07) is 7.31. The van der Waals surface area contributed by atoms with Gasteiger partial charge in [0.1, 0.15) is 12.4 Å². The number of amides is 1. The number of aryl methyl sites for hydroxylation is 2. The Hall–Kier alpha value is -3.42. The third kappa shape index (κ3) is 2.79. The van der Waals surface area contributed by atoms with Gasteiger partial charge in [0, 0.05) is 29.7 Å². The highest BCUT2D eigenvalue weighted by Crippen LogP contribution is 2.36. The minimum Gasteiger partial charge on any atom is -0.328 e. The lowest BCUT2D eigenvalue weighted by molar-refractivity contribution is -0.113. The Morgan fingerprint density at radius 3 is 2.67 bits per heavy atom. The van der Waals surface area contributed by atoms with E-state index in [-0.39, 0.29) is 5.91 Å². The van der Waals surface area contributed by atoms with Crippen LogP contribution >= 0.6 is 0 Å². The molecule has 4 rings (SSSR count). The predicted octanol–water partition coefficient (Wildman–Crippen LogP) is 2.56. The van der Waals surface area contributed by atoms with Crippen molar-refractivity contribution in [2.24, 2.45) is 7.05 Å². The number of para-hydroxylation sites is 1. The van der Waals surface area contributed by atoms with Gasteiger partial charge in [0.2, 0.25) is 5.95 Å². The molecule has 3 heterocycles. The number of nitrogens with one attached hydrogen (secondary N) is 2. The van der Waals surface area contributed by atoms with Gasteiger partial charge in [-0.15, -0.1) is 0 Å². The fraction of sp³-hybridized carbons (Fsp3) is 0.263. The first-order chi connectivity index (χ1) is 13.0. The maximum absolute atomic E-state index is 13.3. The minimum absolute atomic E-state index is 0.177. The number of aromatic nitrogens is 5. The lowest BCUT2D eigenvalue weighted by Crippen LogP contribution is -2.31. The molecule has 0 spiro atoms. The summed E-state index contributed by atoms with van der Waals surface area (Å²) in [7, 11) is 1.88. The molecular formula is C19H21N7O. The Labute approximate surface area is 156 Å². The van der Waals surface area contributed by atoms with Gasteiger partial charge in [0.25, 0.3) is 5.91 Å². The van der Waals surface area contributed by atoms with Gasteiger partial charge >= 0.3 is 0 Å². The molecule has 1 atom stereocenters. The third-order valence-corrected chi connectivity index (χ3v) is 5.00. The Bertz CT molecular complexity index is 1060. The van der Waals surface area contributed by atoms with Gasteiger partial charge in [-0.05, 0) is 32.4 Å². The molecule has 0 fully saturated rings. The molecule has 3 aromatic rings. The van der Waals surface area contributed by atoms with E-state index in [0.717, 1.165) is 28.2 Å². The Morgan fingerprint density at radius 2 is 1.96 bits per heavy atom. The molecule has 1 unspecified atom stereocenters. The standard InChI is InChI=1S/C19H21N7O/c1-11-7-5-6-8-15(11)24-18(27)16-12(2)23-19-20-10-22-26(19)17(16)14-9-21-25(4)13(14)3/h5-10,17H,1-4H3,(H,24,27)(H,20,22,23). The van der Waals surface area contributed by atoms with Crippen molar-refractivity contribution in [1.29, 1.82) is 0 Å². The molecule has 0 radical (unpaired) electrons. The maximum Gasteiger partial charge on any atom is 0.255 e. The van der Waals surface area contributed by atoms with Crippen molar-refractivity contribution in [2.45, 2.75) is 26.8 Å². The van der Waals surface area contributed by atoms with Crippen molar-refractivity contribution in [1.82, 2.24) is 24.5 Å². The summed E-state index contributed by atoms with van der Waals surface area (Å²) < 4.78 is 3.52. The SMILES string of the molecule is CC1=C(C(=O)Nc2ccccc2C)C(c2cnn(C)c2C)n2ncnc2N1. The first-order valence-corrected chi connectivity index (χ1v) is 8.70. The van der Waals surface area contributed by atoms with Crippen LogP contribution in [0.15, 0.2) is 48.1 Å². The summed E-state index contributed by atoms with van der Waals surface area (Å²) in [6.45, 7) is 5.82. The van der Waals surface area contributed by atoms with Crippen molar-refractivity contribution in [3.05, 3.63) is 64.9 Å². The molecule has 8 heteroatoms. The molecule has 1 aliphatic heterocycles. The maximum atomic E-state index is 13.3. The van der Waals surface area contributed by atoms with Gasteiger partial charge in [0.15, 0.2) is 0 Å². The quantitative estimate of drug-likeness (QED) is 0.746. The first kappa shape index (κ1) is 17.0. The highest BCUT2D eigenvalue weighted by Gasteiger charge is 2.35. The molecule has 0 bridgehead atoms. The molecule has 0 saturated heterocycles. The molecule has 8 nitrogen and oxygen atoms in total. The monoisotopic (exact) mass is 363 g/mol. The van der Waals surface area contributed by atoms with Crippen molar-refractivity contribution in [3.8, 4) is 0 Å². The van der Waals surface area contributed by atoms with Crippen LogP contribution in [0.5, 0.6) is 0 Å². The van der Waals surface area contributed by atoms with E-state index in [1.54, 1.807) is 15.6 Å². The molecule has 0 aliphatic carbocycles. The summed E-state index contributed by atoms with van der Waals surface area (Å²) in [5.74, 6) is 0.428. The number of rotatable bonds is 3. The second-order valence-corrected chi connectivity index (χ2v) is 6.67. The van der Waals surface area contributed by atoms with Gasteiger partial charge in [0.05, 0.1) is 11.8 Å². The fourth-order valence-corrected chi connectivity index (χ4v) is 3.36. The van der Waals surface area contributed by atoms with Gasteiger partial charge in [-0.25, -0.2) is 4.68 Å². The molecular weight excluding hydrogens is 342 g/mol. The molecule has 2 aromatic heterocycles. The van der Waals surface area contributed by atoms with Crippen LogP contribution in [0.2, 0.25) is 0 Å². The van der Waals surface area contributed by atoms with Gasteiger partial charge in [-0.3, -0.25) is 9.48 Å². The smallest absolute Gasteiger partial charge is 0.255 e. The number of fused-ring (bicyclic) bond motifs is 1. The Kier molecular flexibility index (Phi) is 4.02. The number of hydrogen-bond donors (Lipinski definition) is 2. The van der Waals surface area contributed by atoms with Crippen LogP contribution in [0.4, 0.5) is 11.6 Å². The molecule has 0 saturated carbocycles. The average Bonchev–Trinajstić information content (AvgIpc) is 3.23. The normalized spacial score (nSPS) is 16.1. The van der Waals surface area contributed by atoms with E-state index >= 15 is 0 Å². The van der Waals surface area contributed by atoms with E-state index in [1.165, 1.54) is 6.33 Å². The second kappa shape index (κ2) is 6.39. The largest absolute Gasteiger partial charge is 0.328 e. The second-order valence-electron chi connectivity index (χ2n) is 6.67. The van der Waals surface area contributed by atoms with E-state index in [0.29, 0.717) is 11.5 Å². The minimum atomic E-state index is -0.401. The Balaban J connectivity index is 1.80. The van der Waals surface area contributed by atoms with E-state index in [2.05, 4.69) is 25.8 Å². The molecule has 138 valence electrons. The van der Waals surface area contributed by atoms with Crippen molar-refractivity contribution < 1.29 is 4.79 Å². The predicted molar refractivity (Wildman–Crippen MR) is 102 cm³/mol. The first-order valence-electron chi connectivity index (χ1n) is 8.70. The van der Waals surface area contributed by atoms with Gasteiger partial charge in [-0.1, -0.05) is 18.2 Å². The topological polar surface area (TPSA) is 89.7 Å². The van der Waals surface area contributed by atoms with Crippen molar-refractivity contribution in [2.75, 3.05) is 10.6 Å². The van der Waals surface area contributed by atoms with Crippen LogP contribution in [0, 0.1) is 13.8 Å². The molecule has 1 amide bonds. The molecule has 1 aromatic carbocycles. The van der Waals surface area contributed by atoms with E-state index in [1.807, 2.05) is 52.1 Å². The average molecular weight is 363 g/mol. The van der Waals surface area contributed by atoms with Gasteiger partial charge in [-0.2, -0.15) is 15.2 Å². The van der Waals surface area contributed by atoms with E-state index < -0.39 is 6.04 Å². The highest BCUT2D eigenvalue weighted by atomic mass is 16.1. The van der Waals surface area contributed by atoms with Crippen LogP contribution in [0.3, 0.4) is 0 Å². The summed E-state index contributed by atoms with van der Waals surface area (Å²) >= 11 is 0. The van der Waals surface area contributed by atoms with Crippen LogP contribution in [0.25, 0.3) is 0 Å². The number of anilines is 2. The highest BCUT2D eigenvalue weighted by molar-refractivity contribution is 6.06. The summed E-state index contributed by atoms with van der Waals surface area (Å²) in [4.78, 5) is 17.5. The number of carbonyl (C=O) groups is 1. The van der Waals surface area contributed by atoms with E-state index in [9.17, 15) is 4.79 Å². The van der Waals surface area contributed by atoms with Crippen molar-refractivity contribution in [3.63, 3.8) is 0 Å². The molecule has 27 heavy (non-hydrogen) atoms. The van der Waals surface area contributed by atoms with Crippen molar-refractivity contribution >= 4 is 17.5 Å². The lowest BCUT2D eigenvalue weighted by atomic mass is 9.95. The molecule has 1 aliphatic rings.